The predicted molar refractivity (Wildman–Crippen MR) is 86.2 cm³/mol. The van der Waals surface area contributed by atoms with Crippen molar-refractivity contribution in [3.8, 4) is 0 Å². The zero-order chi connectivity index (χ0) is 16.0. The summed E-state index contributed by atoms with van der Waals surface area (Å²) < 4.78 is 5.56. The molecule has 2 saturated carbocycles. The topological polar surface area (TPSA) is 55.3 Å². The van der Waals surface area contributed by atoms with Crippen LogP contribution in [0.4, 0.5) is 0 Å². The number of carbonyl (C=O) groups excluding carboxylic acids is 1. The molecule has 2 aliphatic carbocycles. The molecule has 5 nitrogen and oxygen atoms in total. The zero-order valence-corrected chi connectivity index (χ0v) is 14.0. The molecule has 1 aromatic heterocycles. The van der Waals surface area contributed by atoms with Crippen molar-refractivity contribution in [3.63, 3.8) is 0 Å². The Morgan fingerprint density at radius 1 is 1.26 bits per heavy atom. The number of rotatable bonds is 3. The Morgan fingerprint density at radius 3 is 2.65 bits per heavy atom. The molecule has 3 fully saturated rings. The van der Waals surface area contributed by atoms with E-state index in [-0.39, 0.29) is 11.3 Å². The number of amides is 1. The molecule has 3 aliphatic rings. The Hall–Kier alpha value is -1.49. The van der Waals surface area contributed by atoms with Crippen LogP contribution in [0.25, 0.3) is 0 Å². The van der Waals surface area contributed by atoms with Crippen molar-refractivity contribution in [2.45, 2.75) is 63.5 Å². The van der Waals surface area contributed by atoms with Crippen LogP contribution in [-0.2, 0) is 4.74 Å². The lowest BCUT2D eigenvalue weighted by Crippen LogP contribution is -2.46. The molecule has 23 heavy (non-hydrogen) atoms. The van der Waals surface area contributed by atoms with Gasteiger partial charge in [-0.2, -0.15) is 0 Å². The van der Waals surface area contributed by atoms with Crippen LogP contribution in [0.1, 0.15) is 67.5 Å². The van der Waals surface area contributed by atoms with Gasteiger partial charge in [0.2, 0.25) is 0 Å². The first kappa shape index (κ1) is 15.1. The fraction of sp³-hybridized carbons (Fsp3) is 0.722. The minimum absolute atomic E-state index is 0.0944. The molecule has 1 saturated heterocycles. The van der Waals surface area contributed by atoms with Gasteiger partial charge in [-0.05, 0) is 43.9 Å². The molecular formula is C18H25N3O2. The van der Waals surface area contributed by atoms with E-state index in [9.17, 15) is 4.79 Å². The third kappa shape index (κ3) is 2.65. The lowest BCUT2D eigenvalue weighted by Gasteiger charge is -2.42. The number of hydrogen-bond acceptors (Lipinski definition) is 4. The maximum absolute atomic E-state index is 12.9. The maximum Gasteiger partial charge on any atom is 0.257 e. The second-order valence-electron chi connectivity index (χ2n) is 7.66. The van der Waals surface area contributed by atoms with Gasteiger partial charge in [-0.3, -0.25) is 4.79 Å². The van der Waals surface area contributed by atoms with Crippen molar-refractivity contribution in [1.82, 2.24) is 14.9 Å². The summed E-state index contributed by atoms with van der Waals surface area (Å²) in [6, 6.07) is 0.324. The lowest BCUT2D eigenvalue weighted by atomic mass is 9.71. The van der Waals surface area contributed by atoms with Crippen LogP contribution in [0.2, 0.25) is 0 Å². The summed E-state index contributed by atoms with van der Waals surface area (Å²) in [5.74, 6) is 1.52. The Kier molecular flexibility index (Phi) is 3.63. The van der Waals surface area contributed by atoms with E-state index in [1.165, 1.54) is 12.8 Å². The number of carbonyl (C=O) groups is 1. The molecule has 2 heterocycles. The first-order valence-electron chi connectivity index (χ1n) is 8.76. The molecule has 0 aromatic carbocycles. The van der Waals surface area contributed by atoms with Gasteiger partial charge < -0.3 is 9.64 Å². The zero-order valence-electron chi connectivity index (χ0n) is 14.0. The molecule has 0 bridgehead atoms. The van der Waals surface area contributed by atoms with E-state index < -0.39 is 0 Å². The highest BCUT2D eigenvalue weighted by Gasteiger charge is 2.49. The molecule has 0 spiro atoms. The third-order valence-electron chi connectivity index (χ3n) is 6.02. The summed E-state index contributed by atoms with van der Waals surface area (Å²) >= 11 is 0. The van der Waals surface area contributed by atoms with Crippen LogP contribution in [0, 0.1) is 5.41 Å². The Labute approximate surface area is 137 Å². The fourth-order valence-corrected chi connectivity index (χ4v) is 4.39. The van der Waals surface area contributed by atoms with E-state index in [1.54, 1.807) is 19.5 Å². The number of hydrogen-bond donors (Lipinski definition) is 0. The summed E-state index contributed by atoms with van der Waals surface area (Å²) in [7, 11) is 1.80. The van der Waals surface area contributed by atoms with Gasteiger partial charge in [0, 0.05) is 38.0 Å². The van der Waals surface area contributed by atoms with Gasteiger partial charge >= 0.3 is 0 Å². The number of methoxy groups -OCH3 is 1. The van der Waals surface area contributed by atoms with Gasteiger partial charge in [0.25, 0.3) is 5.91 Å². The Balaban J connectivity index is 1.50. The lowest BCUT2D eigenvalue weighted by molar-refractivity contribution is -0.00278. The highest BCUT2D eigenvalue weighted by molar-refractivity contribution is 5.94. The highest BCUT2D eigenvalue weighted by Crippen LogP contribution is 2.47. The molecule has 0 N–H and O–H groups in total. The summed E-state index contributed by atoms with van der Waals surface area (Å²) in [4.78, 5) is 23.8. The quantitative estimate of drug-likeness (QED) is 0.860. The third-order valence-corrected chi connectivity index (χ3v) is 6.02. The largest absolute Gasteiger partial charge is 0.381 e. The van der Waals surface area contributed by atoms with Crippen LogP contribution in [0.3, 0.4) is 0 Å². The second-order valence-corrected chi connectivity index (χ2v) is 7.66. The molecule has 5 heteroatoms. The van der Waals surface area contributed by atoms with E-state index in [0.717, 1.165) is 38.1 Å². The van der Waals surface area contributed by atoms with E-state index in [1.807, 2.05) is 0 Å². The highest BCUT2D eigenvalue weighted by atomic mass is 16.5. The van der Waals surface area contributed by atoms with Crippen LogP contribution < -0.4 is 0 Å². The smallest absolute Gasteiger partial charge is 0.257 e. The van der Waals surface area contributed by atoms with Crippen LogP contribution >= 0.6 is 0 Å². The first-order chi connectivity index (χ1) is 11.1. The number of nitrogens with zero attached hydrogens (tertiary/aromatic N) is 3. The molecule has 0 unspecified atom stereocenters. The van der Waals surface area contributed by atoms with Gasteiger partial charge in [-0.15, -0.1) is 0 Å². The van der Waals surface area contributed by atoms with E-state index in [0.29, 0.717) is 23.6 Å². The molecule has 1 aliphatic heterocycles. The molecule has 0 radical (unpaired) electrons. The van der Waals surface area contributed by atoms with Crippen molar-refractivity contribution in [2.75, 3.05) is 13.7 Å². The SMILES string of the molecule is CO[C@@H]1CC[C@H]2N(C(=O)c3cnc(C4CC4)nc3)CC[C@@]2(C)C1. The molecule has 3 atom stereocenters. The van der Waals surface area contributed by atoms with Gasteiger partial charge in [-0.25, -0.2) is 9.97 Å². The Morgan fingerprint density at radius 2 is 2.00 bits per heavy atom. The molecule has 124 valence electrons. The number of likely N-dealkylation sites (tertiary alicyclic amines) is 1. The minimum Gasteiger partial charge on any atom is -0.381 e. The van der Waals surface area contributed by atoms with Gasteiger partial charge in [0.15, 0.2) is 0 Å². The maximum atomic E-state index is 12.9. The van der Waals surface area contributed by atoms with Crippen LogP contribution in [0.15, 0.2) is 12.4 Å². The number of aromatic nitrogens is 2. The van der Waals surface area contributed by atoms with Crippen molar-refractivity contribution in [2.24, 2.45) is 5.41 Å². The van der Waals surface area contributed by atoms with E-state index >= 15 is 0 Å². The molecule has 1 amide bonds. The minimum atomic E-state index is 0.0944. The van der Waals surface area contributed by atoms with Crippen molar-refractivity contribution in [1.29, 1.82) is 0 Å². The molecule has 1 aromatic rings. The van der Waals surface area contributed by atoms with Crippen molar-refractivity contribution < 1.29 is 9.53 Å². The second kappa shape index (κ2) is 5.55. The summed E-state index contributed by atoms with van der Waals surface area (Å²) in [5.41, 5.74) is 0.816. The monoisotopic (exact) mass is 315 g/mol. The Bertz CT molecular complexity index is 599. The standard InChI is InChI=1S/C18H25N3O2/c1-18-7-8-21(15(18)6-5-14(9-18)23-2)17(22)13-10-19-16(20-11-13)12-3-4-12/h10-12,14-15H,3-9H2,1-2H3/t14-,15-,18+/m1/s1. The fourth-order valence-electron chi connectivity index (χ4n) is 4.39. The van der Waals surface area contributed by atoms with E-state index in [2.05, 4.69) is 21.8 Å². The van der Waals surface area contributed by atoms with E-state index in [4.69, 9.17) is 4.74 Å². The first-order valence-corrected chi connectivity index (χ1v) is 8.76. The normalized spacial score (nSPS) is 33.6. The van der Waals surface area contributed by atoms with Crippen molar-refractivity contribution >= 4 is 5.91 Å². The summed E-state index contributed by atoms with van der Waals surface area (Å²) in [6.45, 7) is 3.14. The molecule has 4 rings (SSSR count). The average Bonchev–Trinajstić information content (AvgIpc) is 3.36. The van der Waals surface area contributed by atoms with Crippen molar-refractivity contribution in [3.05, 3.63) is 23.8 Å². The van der Waals surface area contributed by atoms with Crippen LogP contribution in [0.5, 0.6) is 0 Å². The van der Waals surface area contributed by atoms with Gasteiger partial charge in [0.1, 0.15) is 5.82 Å². The number of ether oxygens (including phenoxy) is 1. The van der Waals surface area contributed by atoms with Crippen LogP contribution in [-0.4, -0.2) is 46.6 Å². The summed E-state index contributed by atoms with van der Waals surface area (Å²) in [5, 5.41) is 0. The predicted octanol–water partition coefficient (Wildman–Crippen LogP) is 2.77. The molecular weight excluding hydrogens is 290 g/mol. The van der Waals surface area contributed by atoms with Gasteiger partial charge in [-0.1, -0.05) is 6.92 Å². The van der Waals surface area contributed by atoms with Gasteiger partial charge in [0.05, 0.1) is 11.7 Å². The number of fused-ring (bicyclic) bond motifs is 1. The summed E-state index contributed by atoms with van der Waals surface area (Å²) in [6.07, 6.45) is 10.3. The average molecular weight is 315 g/mol.